The molecule has 0 saturated carbocycles. The molecule has 1 aromatic heterocycles. The van der Waals surface area contributed by atoms with E-state index in [1.165, 1.54) is 13.8 Å². The maximum absolute atomic E-state index is 13.2. The van der Waals surface area contributed by atoms with E-state index >= 15 is 0 Å². The monoisotopic (exact) mass is 172 g/mol. The van der Waals surface area contributed by atoms with E-state index in [4.69, 9.17) is 4.52 Å². The highest BCUT2D eigenvalue weighted by molar-refractivity contribution is 4.98. The first-order valence-corrected chi connectivity index (χ1v) is 3.94. The normalized spacial score (nSPS) is 12.5. The van der Waals surface area contributed by atoms with Crippen molar-refractivity contribution in [2.24, 2.45) is 0 Å². The number of rotatable bonds is 2. The summed E-state index contributed by atoms with van der Waals surface area (Å²) in [5.41, 5.74) is -1.52. The summed E-state index contributed by atoms with van der Waals surface area (Å²) in [7, 11) is 0. The Labute approximate surface area is 71.0 Å². The van der Waals surface area contributed by atoms with E-state index in [1.807, 2.05) is 13.8 Å². The summed E-state index contributed by atoms with van der Waals surface area (Å²) in [6.45, 7) is 6.65. The van der Waals surface area contributed by atoms with Crippen LogP contribution in [0, 0.1) is 0 Å². The van der Waals surface area contributed by atoms with Gasteiger partial charge in [0.25, 0.3) is 0 Å². The fourth-order valence-electron chi connectivity index (χ4n) is 0.711. The molecule has 0 aliphatic carbocycles. The van der Waals surface area contributed by atoms with E-state index in [0.29, 0.717) is 5.89 Å². The Morgan fingerprint density at radius 1 is 1.42 bits per heavy atom. The third kappa shape index (κ3) is 1.81. The van der Waals surface area contributed by atoms with E-state index in [9.17, 15) is 4.39 Å². The Morgan fingerprint density at radius 2 is 2.00 bits per heavy atom. The second-order valence-electron chi connectivity index (χ2n) is 3.58. The number of nitrogens with zero attached hydrogens (tertiary/aromatic N) is 2. The van der Waals surface area contributed by atoms with Gasteiger partial charge in [-0.3, -0.25) is 0 Å². The highest BCUT2D eigenvalue weighted by Gasteiger charge is 2.26. The molecule has 12 heavy (non-hydrogen) atoms. The summed E-state index contributed by atoms with van der Waals surface area (Å²) < 4.78 is 18.1. The van der Waals surface area contributed by atoms with Crippen LogP contribution in [0.5, 0.6) is 0 Å². The van der Waals surface area contributed by atoms with Crippen LogP contribution in [0.3, 0.4) is 0 Å². The van der Waals surface area contributed by atoms with Gasteiger partial charge in [0.05, 0.1) is 0 Å². The molecule has 0 amide bonds. The Hall–Kier alpha value is -0.930. The molecule has 0 bridgehead atoms. The molecule has 0 atom stereocenters. The minimum absolute atomic E-state index is 0.117. The van der Waals surface area contributed by atoms with Crippen LogP contribution < -0.4 is 0 Å². The SMILES string of the molecule is CC(C)c1nc(C(C)(C)F)no1. The first kappa shape index (κ1) is 9.16. The van der Waals surface area contributed by atoms with E-state index in [-0.39, 0.29) is 11.7 Å². The fraction of sp³-hybridized carbons (Fsp3) is 0.750. The van der Waals surface area contributed by atoms with Crippen molar-refractivity contribution in [3.05, 3.63) is 11.7 Å². The van der Waals surface area contributed by atoms with Crippen LogP contribution in [0.15, 0.2) is 4.52 Å². The molecule has 0 spiro atoms. The zero-order valence-electron chi connectivity index (χ0n) is 7.76. The van der Waals surface area contributed by atoms with E-state index in [2.05, 4.69) is 10.1 Å². The summed E-state index contributed by atoms with van der Waals surface area (Å²) in [6.07, 6.45) is 0. The highest BCUT2D eigenvalue weighted by Crippen LogP contribution is 2.22. The third-order valence-corrected chi connectivity index (χ3v) is 1.47. The second kappa shape index (κ2) is 2.84. The van der Waals surface area contributed by atoms with Crippen molar-refractivity contribution in [3.8, 4) is 0 Å². The molecule has 0 N–H and O–H groups in total. The van der Waals surface area contributed by atoms with Gasteiger partial charge in [-0.25, -0.2) is 4.39 Å². The lowest BCUT2D eigenvalue weighted by Crippen LogP contribution is -2.11. The van der Waals surface area contributed by atoms with Crippen molar-refractivity contribution in [1.29, 1.82) is 0 Å². The number of hydrogen-bond donors (Lipinski definition) is 0. The van der Waals surface area contributed by atoms with Gasteiger partial charge in [-0.05, 0) is 13.8 Å². The van der Waals surface area contributed by atoms with Gasteiger partial charge >= 0.3 is 0 Å². The summed E-state index contributed by atoms with van der Waals surface area (Å²) in [5, 5.41) is 3.55. The predicted molar refractivity (Wildman–Crippen MR) is 42.5 cm³/mol. The average Bonchev–Trinajstić information content (AvgIpc) is 2.30. The Kier molecular flexibility index (Phi) is 2.17. The minimum Gasteiger partial charge on any atom is -0.339 e. The van der Waals surface area contributed by atoms with Gasteiger partial charge in [-0.2, -0.15) is 4.98 Å². The number of halogens is 1. The molecule has 1 rings (SSSR count). The maximum atomic E-state index is 13.2. The number of aromatic nitrogens is 2. The lowest BCUT2D eigenvalue weighted by molar-refractivity contribution is 0.199. The molecular formula is C8H13FN2O. The van der Waals surface area contributed by atoms with Crippen LogP contribution in [-0.4, -0.2) is 10.1 Å². The van der Waals surface area contributed by atoms with Crippen LogP contribution in [0.25, 0.3) is 0 Å². The van der Waals surface area contributed by atoms with Crippen molar-refractivity contribution in [1.82, 2.24) is 10.1 Å². The molecule has 0 aliphatic rings. The molecule has 3 nitrogen and oxygen atoms in total. The van der Waals surface area contributed by atoms with E-state index in [1.54, 1.807) is 0 Å². The Morgan fingerprint density at radius 3 is 2.25 bits per heavy atom. The summed E-state index contributed by atoms with van der Waals surface area (Å²) >= 11 is 0. The van der Waals surface area contributed by atoms with Crippen molar-refractivity contribution < 1.29 is 8.91 Å². The number of alkyl halides is 1. The summed E-state index contributed by atoms with van der Waals surface area (Å²) in [5.74, 6) is 0.746. The van der Waals surface area contributed by atoms with Gasteiger partial charge in [0, 0.05) is 5.92 Å². The average molecular weight is 172 g/mol. The second-order valence-corrected chi connectivity index (χ2v) is 3.58. The standard InChI is InChI=1S/C8H13FN2O/c1-5(2)6-10-7(11-12-6)8(3,4)9/h5H,1-4H3. The predicted octanol–water partition coefficient (Wildman–Crippen LogP) is 2.40. The fourth-order valence-corrected chi connectivity index (χ4v) is 0.711. The molecule has 68 valence electrons. The minimum atomic E-state index is -1.52. The largest absolute Gasteiger partial charge is 0.339 e. The van der Waals surface area contributed by atoms with Crippen molar-refractivity contribution in [2.75, 3.05) is 0 Å². The van der Waals surface area contributed by atoms with Crippen molar-refractivity contribution >= 4 is 0 Å². The third-order valence-electron chi connectivity index (χ3n) is 1.47. The maximum Gasteiger partial charge on any atom is 0.229 e. The molecule has 0 aromatic carbocycles. The van der Waals surface area contributed by atoms with Gasteiger partial charge in [-0.15, -0.1) is 0 Å². The smallest absolute Gasteiger partial charge is 0.229 e. The molecule has 0 saturated heterocycles. The van der Waals surface area contributed by atoms with Gasteiger partial charge in [-0.1, -0.05) is 19.0 Å². The Balaban J connectivity index is 2.92. The summed E-state index contributed by atoms with van der Waals surface area (Å²) in [6, 6.07) is 0. The summed E-state index contributed by atoms with van der Waals surface area (Å²) in [4.78, 5) is 3.93. The van der Waals surface area contributed by atoms with Crippen LogP contribution in [0.1, 0.15) is 45.3 Å². The first-order valence-electron chi connectivity index (χ1n) is 3.94. The first-order chi connectivity index (χ1) is 5.41. The van der Waals surface area contributed by atoms with E-state index < -0.39 is 5.67 Å². The molecule has 0 radical (unpaired) electrons. The van der Waals surface area contributed by atoms with Gasteiger partial charge in [0.2, 0.25) is 11.7 Å². The zero-order valence-corrected chi connectivity index (χ0v) is 7.76. The topological polar surface area (TPSA) is 38.9 Å². The molecular weight excluding hydrogens is 159 g/mol. The number of hydrogen-bond acceptors (Lipinski definition) is 3. The molecule has 0 aliphatic heterocycles. The highest BCUT2D eigenvalue weighted by atomic mass is 19.1. The van der Waals surface area contributed by atoms with Crippen LogP contribution in [0.2, 0.25) is 0 Å². The van der Waals surface area contributed by atoms with E-state index in [0.717, 1.165) is 0 Å². The molecule has 4 heteroatoms. The zero-order chi connectivity index (χ0) is 9.35. The van der Waals surface area contributed by atoms with Crippen LogP contribution in [0.4, 0.5) is 4.39 Å². The van der Waals surface area contributed by atoms with Crippen molar-refractivity contribution in [2.45, 2.75) is 39.3 Å². The van der Waals surface area contributed by atoms with Gasteiger partial charge in [0.15, 0.2) is 5.67 Å². The Bertz CT molecular complexity index is 262. The molecule has 0 unspecified atom stereocenters. The molecule has 1 aromatic rings. The lowest BCUT2D eigenvalue weighted by Gasteiger charge is -2.06. The van der Waals surface area contributed by atoms with Crippen molar-refractivity contribution in [3.63, 3.8) is 0 Å². The molecule has 0 fully saturated rings. The van der Waals surface area contributed by atoms with Gasteiger partial charge in [0.1, 0.15) is 0 Å². The lowest BCUT2D eigenvalue weighted by atomic mass is 10.1. The quantitative estimate of drug-likeness (QED) is 0.687. The molecule has 1 heterocycles. The van der Waals surface area contributed by atoms with Crippen LogP contribution in [-0.2, 0) is 5.67 Å². The van der Waals surface area contributed by atoms with Crippen LogP contribution >= 0.6 is 0 Å². The van der Waals surface area contributed by atoms with Gasteiger partial charge < -0.3 is 4.52 Å².